The fraction of sp³-hybridized carbons (Fsp3) is 0.333. The number of ether oxygens (including phenoxy) is 1. The quantitative estimate of drug-likeness (QED) is 0.711. The third kappa shape index (κ3) is 3.76. The van der Waals surface area contributed by atoms with Gasteiger partial charge in [-0.1, -0.05) is 29.3 Å². The molecule has 0 spiro atoms. The molecule has 2 unspecified atom stereocenters. The van der Waals surface area contributed by atoms with Crippen molar-refractivity contribution in [3.05, 3.63) is 51.9 Å². The first kappa shape index (κ1) is 19.5. The van der Waals surface area contributed by atoms with E-state index in [1.165, 1.54) is 0 Å². The van der Waals surface area contributed by atoms with Gasteiger partial charge in [-0.05, 0) is 38.1 Å². The second-order valence-electron chi connectivity index (χ2n) is 6.40. The summed E-state index contributed by atoms with van der Waals surface area (Å²) in [6, 6.07) is 7.59. The summed E-state index contributed by atoms with van der Waals surface area (Å²) in [5.74, 6) is 0.663. The number of para-hydroxylation sites is 1. The monoisotopic (exact) mass is 412 g/mol. The van der Waals surface area contributed by atoms with E-state index in [0.29, 0.717) is 21.6 Å². The zero-order valence-corrected chi connectivity index (χ0v) is 16.2. The molecule has 0 bridgehead atoms. The minimum atomic E-state index is -1.32. The molecule has 3 rings (SSSR count). The number of rotatable bonds is 6. The summed E-state index contributed by atoms with van der Waals surface area (Å²) in [5.41, 5.74) is -1.32. The van der Waals surface area contributed by atoms with Gasteiger partial charge >= 0.3 is 6.03 Å². The highest BCUT2D eigenvalue weighted by Gasteiger charge is 2.51. The van der Waals surface area contributed by atoms with E-state index >= 15 is 0 Å². The maximum Gasteiger partial charge on any atom is 0.325 e. The molecule has 9 heteroatoms. The first-order valence-corrected chi connectivity index (χ1v) is 8.94. The molecule has 0 aliphatic carbocycles. The van der Waals surface area contributed by atoms with Gasteiger partial charge in [0.1, 0.15) is 24.2 Å². The van der Waals surface area contributed by atoms with Gasteiger partial charge in [0.05, 0.1) is 16.6 Å². The van der Waals surface area contributed by atoms with Crippen LogP contribution in [-0.4, -0.2) is 41.2 Å². The minimum Gasteiger partial charge on any atom is -0.488 e. The van der Waals surface area contributed by atoms with Crippen molar-refractivity contribution in [2.45, 2.75) is 25.5 Å². The van der Waals surface area contributed by atoms with Crippen molar-refractivity contribution in [1.82, 2.24) is 10.2 Å². The number of halogens is 2. The van der Waals surface area contributed by atoms with Crippen LogP contribution < -0.4 is 10.1 Å². The van der Waals surface area contributed by atoms with E-state index in [1.54, 1.807) is 44.2 Å². The number of benzene rings is 1. The number of hydrogen-bond acceptors (Lipinski definition) is 5. The first-order chi connectivity index (χ1) is 12.7. The van der Waals surface area contributed by atoms with Gasteiger partial charge in [0.25, 0.3) is 5.91 Å². The van der Waals surface area contributed by atoms with E-state index in [2.05, 4.69) is 5.32 Å². The van der Waals surface area contributed by atoms with Crippen molar-refractivity contribution in [3.63, 3.8) is 0 Å². The lowest BCUT2D eigenvalue weighted by atomic mass is 9.99. The number of nitrogens with one attached hydrogen (secondary N) is 1. The largest absolute Gasteiger partial charge is 0.488 e. The van der Waals surface area contributed by atoms with E-state index in [4.69, 9.17) is 32.4 Å². The summed E-state index contributed by atoms with van der Waals surface area (Å²) in [4.78, 5) is 25.9. The molecule has 2 heterocycles. The lowest BCUT2D eigenvalue weighted by molar-refractivity contribution is -0.132. The van der Waals surface area contributed by atoms with Gasteiger partial charge in [-0.3, -0.25) is 9.69 Å². The highest BCUT2D eigenvalue weighted by molar-refractivity contribution is 6.37. The molecule has 7 nitrogen and oxygen atoms in total. The summed E-state index contributed by atoms with van der Waals surface area (Å²) in [6.45, 7) is 2.85. The van der Waals surface area contributed by atoms with Crippen molar-refractivity contribution in [1.29, 1.82) is 0 Å². The minimum absolute atomic E-state index is 0.197. The number of aliphatic hydroxyl groups is 1. The van der Waals surface area contributed by atoms with Crippen molar-refractivity contribution in [3.8, 4) is 5.75 Å². The molecule has 144 valence electrons. The molecule has 2 atom stereocenters. The Bertz CT molecular complexity index is 864. The molecule has 0 saturated carbocycles. The normalized spacial score (nSPS) is 20.7. The Labute approximate surface area is 165 Å². The average Bonchev–Trinajstić information content (AvgIpc) is 3.13. The molecule has 1 aliphatic rings. The Hall–Kier alpha value is -2.22. The van der Waals surface area contributed by atoms with E-state index < -0.39 is 23.6 Å². The standard InChI is InChI=1S/C18H18Cl2N2O5/c1-10-6-7-14(27-10)18(2)16(24)22(17(25)21-18)8-11(23)9-26-15-12(19)4-3-5-13(15)20/h3-7,11,23H,8-9H2,1-2H3,(H,21,25). The van der Waals surface area contributed by atoms with Crippen LogP contribution in [0.5, 0.6) is 5.75 Å². The van der Waals surface area contributed by atoms with Crippen molar-refractivity contribution in [2.75, 3.05) is 13.2 Å². The number of urea groups is 1. The Morgan fingerprint density at radius 3 is 2.52 bits per heavy atom. The maximum atomic E-state index is 12.8. The molecule has 3 amide bonds. The van der Waals surface area contributed by atoms with Crippen LogP contribution in [0.1, 0.15) is 18.4 Å². The summed E-state index contributed by atoms with van der Waals surface area (Å²) in [7, 11) is 0. The molecular weight excluding hydrogens is 395 g/mol. The number of hydrogen-bond donors (Lipinski definition) is 2. The van der Waals surface area contributed by atoms with Crippen LogP contribution in [0.25, 0.3) is 0 Å². The maximum absolute atomic E-state index is 12.8. The summed E-state index contributed by atoms with van der Waals surface area (Å²) in [6.07, 6.45) is -1.13. The average molecular weight is 413 g/mol. The zero-order chi connectivity index (χ0) is 19.8. The molecule has 27 heavy (non-hydrogen) atoms. The molecule has 2 N–H and O–H groups in total. The summed E-state index contributed by atoms with van der Waals surface area (Å²) in [5, 5.41) is 13.4. The predicted octanol–water partition coefficient (Wildman–Crippen LogP) is 3.10. The second kappa shape index (κ2) is 7.42. The Balaban J connectivity index is 1.66. The van der Waals surface area contributed by atoms with Crippen LogP contribution in [-0.2, 0) is 10.3 Å². The molecular formula is C18H18Cl2N2O5. The van der Waals surface area contributed by atoms with Crippen LogP contribution in [0.4, 0.5) is 4.79 Å². The Morgan fingerprint density at radius 1 is 1.26 bits per heavy atom. The molecule has 1 saturated heterocycles. The fourth-order valence-electron chi connectivity index (χ4n) is 2.80. The number of β-amino-alcohol motifs (C(OH)–C–C–N with tert-alkyl or cyclic N) is 1. The topological polar surface area (TPSA) is 92.0 Å². The van der Waals surface area contributed by atoms with E-state index in [9.17, 15) is 14.7 Å². The van der Waals surface area contributed by atoms with E-state index in [-0.39, 0.29) is 18.9 Å². The molecule has 1 aromatic carbocycles. The van der Waals surface area contributed by atoms with Crippen LogP contribution in [0.15, 0.2) is 34.7 Å². The third-order valence-corrected chi connectivity index (χ3v) is 4.84. The Morgan fingerprint density at radius 2 is 1.93 bits per heavy atom. The second-order valence-corrected chi connectivity index (χ2v) is 7.21. The fourth-order valence-corrected chi connectivity index (χ4v) is 3.30. The van der Waals surface area contributed by atoms with Crippen LogP contribution >= 0.6 is 23.2 Å². The summed E-state index contributed by atoms with van der Waals surface area (Å²) < 4.78 is 10.9. The van der Waals surface area contributed by atoms with Gasteiger partial charge in [0.15, 0.2) is 11.3 Å². The van der Waals surface area contributed by atoms with Gasteiger partial charge < -0.3 is 19.6 Å². The number of amides is 3. The third-order valence-electron chi connectivity index (χ3n) is 4.24. The van der Waals surface area contributed by atoms with Gasteiger partial charge in [-0.25, -0.2) is 4.79 Å². The number of aliphatic hydroxyl groups excluding tert-OH is 1. The van der Waals surface area contributed by atoms with Gasteiger partial charge in [0, 0.05) is 0 Å². The van der Waals surface area contributed by atoms with E-state index in [1.807, 2.05) is 0 Å². The van der Waals surface area contributed by atoms with E-state index in [0.717, 1.165) is 4.90 Å². The lowest BCUT2D eigenvalue weighted by Gasteiger charge is -2.21. The van der Waals surface area contributed by atoms with Crippen molar-refractivity contribution < 1.29 is 23.8 Å². The number of nitrogens with zero attached hydrogens (tertiary/aromatic N) is 1. The number of carbonyl (C=O) groups is 2. The number of carbonyl (C=O) groups excluding carboxylic acids is 2. The molecule has 1 aromatic heterocycles. The smallest absolute Gasteiger partial charge is 0.325 e. The lowest BCUT2D eigenvalue weighted by Crippen LogP contribution is -2.42. The highest BCUT2D eigenvalue weighted by Crippen LogP contribution is 2.33. The molecule has 2 aromatic rings. The van der Waals surface area contributed by atoms with Crippen LogP contribution in [0.3, 0.4) is 0 Å². The van der Waals surface area contributed by atoms with Crippen molar-refractivity contribution >= 4 is 35.1 Å². The van der Waals surface area contributed by atoms with Crippen LogP contribution in [0, 0.1) is 6.92 Å². The number of furan rings is 1. The number of aryl methyl sites for hydroxylation is 1. The van der Waals surface area contributed by atoms with Gasteiger partial charge in [-0.2, -0.15) is 0 Å². The van der Waals surface area contributed by atoms with Crippen LogP contribution in [0.2, 0.25) is 10.0 Å². The number of imide groups is 1. The van der Waals surface area contributed by atoms with Crippen molar-refractivity contribution in [2.24, 2.45) is 0 Å². The molecule has 1 aliphatic heterocycles. The SMILES string of the molecule is Cc1ccc(C2(C)NC(=O)N(CC(O)COc3c(Cl)cccc3Cl)C2=O)o1. The predicted molar refractivity (Wildman–Crippen MR) is 99.0 cm³/mol. The molecule has 1 fully saturated rings. The zero-order valence-electron chi connectivity index (χ0n) is 14.7. The molecule has 0 radical (unpaired) electrons. The highest BCUT2D eigenvalue weighted by atomic mass is 35.5. The summed E-state index contributed by atoms with van der Waals surface area (Å²) >= 11 is 12.0. The van der Waals surface area contributed by atoms with Gasteiger partial charge in [-0.15, -0.1) is 0 Å². The van der Waals surface area contributed by atoms with Gasteiger partial charge in [0.2, 0.25) is 0 Å². The Kier molecular flexibility index (Phi) is 5.37. The first-order valence-electron chi connectivity index (χ1n) is 8.18.